The highest BCUT2D eigenvalue weighted by atomic mass is 19.4. The number of carbonyl (C=O) groups excluding carboxylic acids is 1. The first-order valence-electron chi connectivity index (χ1n) is 12.5. The standard InChI is InChI=1S/C28H25F4N7O/c1-37-10-12-38(13-11-37)18-20-5-7-22(15-23(20)28(30,31)32)34-27(40)21-14-19(24(16-29)33-17-21)6-8-26-36-35-25-4-2-3-9-39(25)26/h2-5,7,9,14-15,17H,10-13,16,18H2,1H3,(H,34,40). The molecule has 1 fully saturated rings. The van der Waals surface area contributed by atoms with Crippen LogP contribution in [0, 0.1) is 11.8 Å². The van der Waals surface area contributed by atoms with Gasteiger partial charge in [-0.15, -0.1) is 10.2 Å². The third-order valence-electron chi connectivity index (χ3n) is 6.64. The number of aromatic nitrogens is 4. The number of rotatable bonds is 5. The van der Waals surface area contributed by atoms with Crippen LogP contribution in [0.3, 0.4) is 0 Å². The third kappa shape index (κ3) is 6.11. The van der Waals surface area contributed by atoms with Crippen LogP contribution in [0.15, 0.2) is 54.9 Å². The number of carbonyl (C=O) groups is 1. The van der Waals surface area contributed by atoms with Gasteiger partial charge in [0, 0.05) is 50.8 Å². The van der Waals surface area contributed by atoms with Crippen LogP contribution in [0.2, 0.25) is 0 Å². The first-order chi connectivity index (χ1) is 19.2. The van der Waals surface area contributed by atoms with Gasteiger partial charge in [-0.25, -0.2) is 4.39 Å². The zero-order valence-electron chi connectivity index (χ0n) is 21.5. The third-order valence-corrected chi connectivity index (χ3v) is 6.64. The summed E-state index contributed by atoms with van der Waals surface area (Å²) in [6, 6.07) is 10.4. The van der Waals surface area contributed by atoms with Crippen molar-refractivity contribution in [3.8, 4) is 11.8 Å². The highest BCUT2D eigenvalue weighted by Crippen LogP contribution is 2.34. The molecule has 1 N–H and O–H groups in total. The Bertz CT molecular complexity index is 1600. The molecule has 0 spiro atoms. The van der Waals surface area contributed by atoms with Crippen molar-refractivity contribution in [1.29, 1.82) is 0 Å². The van der Waals surface area contributed by atoms with Gasteiger partial charge in [-0.05, 0) is 48.9 Å². The molecular formula is C28H25F4N7O. The van der Waals surface area contributed by atoms with Crippen LogP contribution in [-0.4, -0.2) is 68.5 Å². The molecule has 206 valence electrons. The maximum atomic E-state index is 13.9. The van der Waals surface area contributed by atoms with Crippen molar-refractivity contribution >= 4 is 17.2 Å². The average molecular weight is 552 g/mol. The van der Waals surface area contributed by atoms with E-state index in [0.717, 1.165) is 25.4 Å². The van der Waals surface area contributed by atoms with E-state index in [-0.39, 0.29) is 34.6 Å². The summed E-state index contributed by atoms with van der Waals surface area (Å²) in [5.41, 5.74) is 0.0902. The van der Waals surface area contributed by atoms with Crippen LogP contribution in [0.25, 0.3) is 5.65 Å². The number of nitrogens with zero attached hydrogens (tertiary/aromatic N) is 6. The minimum atomic E-state index is -4.60. The molecule has 4 heterocycles. The number of pyridine rings is 2. The Morgan fingerprint density at radius 1 is 1.05 bits per heavy atom. The molecule has 1 saturated heterocycles. The number of hydrogen-bond donors (Lipinski definition) is 1. The zero-order chi connectivity index (χ0) is 28.3. The van der Waals surface area contributed by atoms with Crippen molar-refractivity contribution < 1.29 is 22.4 Å². The predicted molar refractivity (Wildman–Crippen MR) is 140 cm³/mol. The largest absolute Gasteiger partial charge is 0.416 e. The van der Waals surface area contributed by atoms with Crippen LogP contribution < -0.4 is 5.32 Å². The van der Waals surface area contributed by atoms with E-state index in [4.69, 9.17) is 0 Å². The van der Waals surface area contributed by atoms with E-state index in [2.05, 4.69) is 37.2 Å². The van der Waals surface area contributed by atoms with Gasteiger partial charge in [-0.1, -0.05) is 18.1 Å². The van der Waals surface area contributed by atoms with Gasteiger partial charge < -0.3 is 10.2 Å². The van der Waals surface area contributed by atoms with Gasteiger partial charge in [0.2, 0.25) is 5.82 Å². The molecule has 1 aliphatic heterocycles. The van der Waals surface area contributed by atoms with Gasteiger partial charge in [0.15, 0.2) is 5.65 Å². The van der Waals surface area contributed by atoms with Crippen LogP contribution in [0.4, 0.5) is 23.2 Å². The Morgan fingerprint density at radius 2 is 1.85 bits per heavy atom. The molecule has 5 rings (SSSR count). The van der Waals surface area contributed by atoms with Crippen molar-refractivity contribution in [2.45, 2.75) is 19.4 Å². The number of halogens is 4. The number of piperazine rings is 1. The van der Waals surface area contributed by atoms with Crippen LogP contribution in [0.1, 0.15) is 38.6 Å². The fourth-order valence-electron chi connectivity index (χ4n) is 4.39. The molecule has 1 aliphatic rings. The van der Waals surface area contributed by atoms with Gasteiger partial charge in [0.1, 0.15) is 6.67 Å². The van der Waals surface area contributed by atoms with Gasteiger partial charge in [0.05, 0.1) is 22.4 Å². The Labute approximate surface area is 227 Å². The van der Waals surface area contributed by atoms with E-state index in [1.807, 2.05) is 11.9 Å². The lowest BCUT2D eigenvalue weighted by atomic mass is 10.0. The lowest BCUT2D eigenvalue weighted by Gasteiger charge is -2.33. The lowest BCUT2D eigenvalue weighted by Crippen LogP contribution is -2.44. The molecule has 1 amide bonds. The molecule has 3 aromatic heterocycles. The topological polar surface area (TPSA) is 78.7 Å². The molecule has 0 atom stereocenters. The number of fused-ring (bicyclic) bond motifs is 1. The van der Waals surface area contributed by atoms with E-state index in [1.165, 1.54) is 18.2 Å². The normalized spacial score (nSPS) is 14.6. The van der Waals surface area contributed by atoms with Crippen molar-refractivity contribution in [2.24, 2.45) is 0 Å². The van der Waals surface area contributed by atoms with E-state index in [0.29, 0.717) is 24.6 Å². The number of nitrogens with one attached hydrogen (secondary N) is 1. The maximum absolute atomic E-state index is 13.9. The summed E-state index contributed by atoms with van der Waals surface area (Å²) in [6.45, 7) is 2.16. The Kier molecular flexibility index (Phi) is 7.77. The Balaban J connectivity index is 1.37. The highest BCUT2D eigenvalue weighted by molar-refractivity contribution is 6.04. The minimum Gasteiger partial charge on any atom is -0.322 e. The Hall–Kier alpha value is -4.34. The average Bonchev–Trinajstić information content (AvgIpc) is 3.36. The molecular weight excluding hydrogens is 526 g/mol. The van der Waals surface area contributed by atoms with Gasteiger partial charge >= 0.3 is 6.18 Å². The molecule has 0 unspecified atom stereocenters. The Morgan fingerprint density at radius 3 is 2.60 bits per heavy atom. The fraction of sp³-hybridized carbons (Fsp3) is 0.286. The summed E-state index contributed by atoms with van der Waals surface area (Å²) in [4.78, 5) is 21.1. The first-order valence-corrected chi connectivity index (χ1v) is 12.5. The number of amides is 1. The van der Waals surface area contributed by atoms with Gasteiger partial charge in [-0.2, -0.15) is 13.2 Å². The van der Waals surface area contributed by atoms with Crippen molar-refractivity contribution in [1.82, 2.24) is 29.4 Å². The second-order valence-corrected chi connectivity index (χ2v) is 9.46. The van der Waals surface area contributed by atoms with Gasteiger partial charge in [-0.3, -0.25) is 19.1 Å². The van der Waals surface area contributed by atoms with E-state index in [1.54, 1.807) is 28.8 Å². The van der Waals surface area contributed by atoms with Crippen LogP contribution in [0.5, 0.6) is 0 Å². The van der Waals surface area contributed by atoms with Gasteiger partial charge in [0.25, 0.3) is 5.91 Å². The molecule has 0 aliphatic carbocycles. The number of benzene rings is 1. The maximum Gasteiger partial charge on any atom is 0.416 e. The molecule has 0 radical (unpaired) electrons. The quantitative estimate of drug-likeness (QED) is 0.298. The van der Waals surface area contributed by atoms with Crippen molar-refractivity contribution in [2.75, 3.05) is 38.5 Å². The molecule has 8 nitrogen and oxygen atoms in total. The highest BCUT2D eigenvalue weighted by Gasteiger charge is 2.34. The van der Waals surface area contributed by atoms with E-state index >= 15 is 0 Å². The molecule has 40 heavy (non-hydrogen) atoms. The van der Waals surface area contributed by atoms with Crippen molar-refractivity contribution in [3.05, 3.63) is 88.6 Å². The molecule has 0 saturated carbocycles. The molecule has 1 aromatic carbocycles. The molecule has 12 heteroatoms. The summed E-state index contributed by atoms with van der Waals surface area (Å²) in [5.74, 6) is 5.21. The second-order valence-electron chi connectivity index (χ2n) is 9.46. The fourth-order valence-corrected chi connectivity index (χ4v) is 4.39. The minimum absolute atomic E-state index is 0.0164. The summed E-state index contributed by atoms with van der Waals surface area (Å²) in [7, 11) is 1.98. The molecule has 0 bridgehead atoms. The summed E-state index contributed by atoms with van der Waals surface area (Å²) in [6.07, 6.45) is -1.71. The number of likely N-dealkylation sites (N-methyl/N-ethyl adjacent to an activating group) is 1. The van der Waals surface area contributed by atoms with E-state index in [9.17, 15) is 22.4 Å². The van der Waals surface area contributed by atoms with E-state index < -0.39 is 24.3 Å². The second kappa shape index (κ2) is 11.4. The number of hydrogen-bond acceptors (Lipinski definition) is 6. The molecule has 4 aromatic rings. The zero-order valence-corrected chi connectivity index (χ0v) is 21.5. The summed E-state index contributed by atoms with van der Waals surface area (Å²) >= 11 is 0. The number of alkyl halides is 4. The van der Waals surface area contributed by atoms with Crippen LogP contribution >= 0.6 is 0 Å². The first kappa shape index (κ1) is 27.2. The lowest BCUT2D eigenvalue weighted by molar-refractivity contribution is -0.138. The SMILES string of the molecule is CN1CCN(Cc2ccc(NC(=O)c3cnc(CF)c(C#Cc4nnc5ccccn45)c3)cc2C(F)(F)F)CC1. The smallest absolute Gasteiger partial charge is 0.322 e. The predicted octanol–water partition coefficient (Wildman–Crippen LogP) is 4.01. The summed E-state index contributed by atoms with van der Waals surface area (Å²) in [5, 5.41) is 10.5. The summed E-state index contributed by atoms with van der Waals surface area (Å²) < 4.78 is 57.0. The monoisotopic (exact) mass is 551 g/mol. The number of anilines is 1. The van der Waals surface area contributed by atoms with Crippen molar-refractivity contribution in [3.63, 3.8) is 0 Å². The van der Waals surface area contributed by atoms with Crippen LogP contribution in [-0.2, 0) is 19.4 Å².